The second-order valence-electron chi connectivity index (χ2n) is 9.46. The van der Waals surface area contributed by atoms with Crippen molar-refractivity contribution in [1.29, 1.82) is 0 Å². The van der Waals surface area contributed by atoms with Gasteiger partial charge in [-0.1, -0.05) is 79.5 Å². The molecular weight excluding hydrogens is 441 g/mol. The molecule has 0 N–H and O–H groups in total. The number of hydrogen-bond acceptors (Lipinski definition) is 2. The van der Waals surface area contributed by atoms with Crippen LogP contribution < -0.4 is 4.90 Å². The molecule has 1 aliphatic heterocycles. The SMILES string of the molecule is CC1(C)CC(=O)C2=C(C1)N(c1ccc3ccccc3c1)C(=O)CC2c1cccc(Cl)c1Cl. The Bertz CT molecular complexity index is 1310. The molecule has 3 aromatic carbocycles. The van der Waals surface area contributed by atoms with E-state index in [1.165, 1.54) is 0 Å². The molecule has 3 aromatic rings. The number of benzene rings is 3. The standard InChI is InChI=1S/C27H23Cl2NO2/c1-27(2)14-22-25(23(31)15-27)20(19-8-5-9-21(28)26(19)29)13-24(32)30(22)18-11-10-16-6-3-4-7-17(16)12-18/h3-12,20H,13-15H2,1-2H3. The Balaban J connectivity index is 1.71. The first-order valence-corrected chi connectivity index (χ1v) is 11.5. The number of ketones is 1. The molecular formula is C27H23Cl2NO2. The van der Waals surface area contributed by atoms with E-state index in [1.807, 2.05) is 54.6 Å². The Morgan fingerprint density at radius 1 is 0.906 bits per heavy atom. The van der Waals surface area contributed by atoms with Crippen LogP contribution in [0.2, 0.25) is 10.0 Å². The van der Waals surface area contributed by atoms with Crippen molar-refractivity contribution in [2.45, 2.75) is 39.0 Å². The van der Waals surface area contributed by atoms with E-state index >= 15 is 0 Å². The maximum absolute atomic E-state index is 13.6. The quantitative estimate of drug-likeness (QED) is 0.399. The number of carbonyl (C=O) groups is 2. The van der Waals surface area contributed by atoms with E-state index in [9.17, 15) is 9.59 Å². The zero-order valence-electron chi connectivity index (χ0n) is 18.0. The lowest BCUT2D eigenvalue weighted by atomic mass is 9.69. The first kappa shape index (κ1) is 21.2. The molecule has 0 bridgehead atoms. The van der Waals surface area contributed by atoms with Gasteiger partial charge in [-0.25, -0.2) is 0 Å². The van der Waals surface area contributed by atoms with Gasteiger partial charge in [0.15, 0.2) is 5.78 Å². The minimum atomic E-state index is -0.385. The highest BCUT2D eigenvalue weighted by Crippen LogP contribution is 2.49. The lowest BCUT2D eigenvalue weighted by Crippen LogP contribution is -2.43. The molecule has 2 aliphatic rings. The van der Waals surface area contributed by atoms with E-state index in [0.717, 1.165) is 27.7 Å². The normalized spacial score (nSPS) is 20.6. The molecule has 0 saturated carbocycles. The Morgan fingerprint density at radius 3 is 2.44 bits per heavy atom. The Morgan fingerprint density at radius 2 is 1.66 bits per heavy atom. The van der Waals surface area contributed by atoms with Crippen LogP contribution in [0.3, 0.4) is 0 Å². The van der Waals surface area contributed by atoms with Crippen molar-refractivity contribution < 1.29 is 9.59 Å². The van der Waals surface area contributed by atoms with E-state index in [1.54, 1.807) is 11.0 Å². The van der Waals surface area contributed by atoms with Gasteiger partial charge >= 0.3 is 0 Å². The van der Waals surface area contributed by atoms with Crippen LogP contribution in [-0.2, 0) is 9.59 Å². The topological polar surface area (TPSA) is 37.4 Å². The molecule has 1 aliphatic carbocycles. The smallest absolute Gasteiger partial charge is 0.232 e. The lowest BCUT2D eigenvalue weighted by molar-refractivity contribution is -0.121. The summed E-state index contributed by atoms with van der Waals surface area (Å²) in [6.07, 6.45) is 1.26. The molecule has 1 heterocycles. The Labute approximate surface area is 197 Å². The van der Waals surface area contributed by atoms with Crippen molar-refractivity contribution in [3.63, 3.8) is 0 Å². The zero-order chi connectivity index (χ0) is 22.6. The van der Waals surface area contributed by atoms with Crippen molar-refractivity contribution in [2.24, 2.45) is 5.41 Å². The van der Waals surface area contributed by atoms with Gasteiger partial charge in [-0.15, -0.1) is 0 Å². The largest absolute Gasteiger partial charge is 0.294 e. The van der Waals surface area contributed by atoms with Crippen LogP contribution >= 0.6 is 23.2 Å². The molecule has 5 rings (SSSR count). The fraction of sp³-hybridized carbons (Fsp3) is 0.259. The second kappa shape index (κ2) is 7.75. The summed E-state index contributed by atoms with van der Waals surface area (Å²) in [7, 11) is 0. The van der Waals surface area contributed by atoms with Gasteiger partial charge in [0.05, 0.1) is 10.0 Å². The molecule has 0 radical (unpaired) electrons. The number of Topliss-reactive ketones (excluding diaryl/α,β-unsaturated/α-hetero) is 1. The average Bonchev–Trinajstić information content (AvgIpc) is 2.74. The first-order valence-electron chi connectivity index (χ1n) is 10.8. The molecule has 3 nitrogen and oxygen atoms in total. The fourth-order valence-corrected chi connectivity index (χ4v) is 5.53. The number of carbonyl (C=O) groups excluding carboxylic acids is 2. The highest BCUT2D eigenvalue weighted by atomic mass is 35.5. The predicted octanol–water partition coefficient (Wildman–Crippen LogP) is 7.31. The summed E-state index contributed by atoms with van der Waals surface area (Å²) in [6, 6.07) is 19.5. The monoisotopic (exact) mass is 463 g/mol. The van der Waals surface area contributed by atoms with Gasteiger partial charge in [-0.3, -0.25) is 14.5 Å². The van der Waals surface area contributed by atoms with Crippen LogP contribution in [0, 0.1) is 5.41 Å². The first-order chi connectivity index (χ1) is 15.2. The maximum atomic E-state index is 13.6. The van der Waals surface area contributed by atoms with Crippen molar-refractivity contribution >= 4 is 51.4 Å². The molecule has 1 unspecified atom stereocenters. The number of nitrogens with zero attached hydrogens (tertiary/aromatic N) is 1. The summed E-state index contributed by atoms with van der Waals surface area (Å²) in [6.45, 7) is 4.15. The molecule has 0 fully saturated rings. The highest BCUT2D eigenvalue weighted by molar-refractivity contribution is 6.42. The van der Waals surface area contributed by atoms with Crippen LogP contribution in [0.25, 0.3) is 10.8 Å². The predicted molar refractivity (Wildman–Crippen MR) is 130 cm³/mol. The molecule has 5 heteroatoms. The van der Waals surface area contributed by atoms with E-state index in [4.69, 9.17) is 23.2 Å². The van der Waals surface area contributed by atoms with Gasteiger partial charge in [0, 0.05) is 35.7 Å². The van der Waals surface area contributed by atoms with Gasteiger partial charge in [0.25, 0.3) is 0 Å². The van der Waals surface area contributed by atoms with Gasteiger partial charge in [-0.2, -0.15) is 0 Å². The molecule has 32 heavy (non-hydrogen) atoms. The van der Waals surface area contributed by atoms with Crippen LogP contribution in [0.5, 0.6) is 0 Å². The van der Waals surface area contributed by atoms with E-state index in [-0.39, 0.29) is 29.4 Å². The number of anilines is 1. The summed E-state index contributed by atoms with van der Waals surface area (Å²) in [5.74, 6) is -0.342. The van der Waals surface area contributed by atoms with Gasteiger partial charge < -0.3 is 0 Å². The summed E-state index contributed by atoms with van der Waals surface area (Å²) < 4.78 is 0. The second-order valence-corrected chi connectivity index (χ2v) is 10.2. The summed E-state index contributed by atoms with van der Waals surface area (Å²) in [4.78, 5) is 28.8. The van der Waals surface area contributed by atoms with Gasteiger partial charge in [0.2, 0.25) is 5.91 Å². The number of amides is 1. The lowest BCUT2D eigenvalue weighted by Gasteiger charge is -2.43. The van der Waals surface area contributed by atoms with Crippen molar-refractivity contribution in [3.8, 4) is 0 Å². The van der Waals surface area contributed by atoms with Crippen molar-refractivity contribution in [2.75, 3.05) is 4.90 Å². The highest BCUT2D eigenvalue weighted by Gasteiger charge is 2.44. The molecule has 162 valence electrons. The molecule has 0 aromatic heterocycles. The van der Waals surface area contributed by atoms with Crippen LogP contribution in [0.4, 0.5) is 5.69 Å². The third-order valence-electron chi connectivity index (χ3n) is 6.49. The van der Waals surface area contributed by atoms with Crippen molar-refractivity contribution in [3.05, 3.63) is 87.5 Å². The number of halogens is 2. The maximum Gasteiger partial charge on any atom is 0.232 e. The van der Waals surface area contributed by atoms with Crippen LogP contribution in [-0.4, -0.2) is 11.7 Å². The molecule has 0 spiro atoms. The summed E-state index contributed by atoms with van der Waals surface area (Å²) in [5, 5.41) is 3.01. The van der Waals surface area contributed by atoms with Gasteiger partial charge in [0.1, 0.15) is 0 Å². The Kier molecular flexibility index (Phi) is 5.15. The van der Waals surface area contributed by atoms with Gasteiger partial charge in [-0.05, 0) is 46.4 Å². The Hall–Kier alpha value is -2.62. The summed E-state index contributed by atoms with van der Waals surface area (Å²) >= 11 is 12.8. The third-order valence-corrected chi connectivity index (χ3v) is 7.32. The summed E-state index contributed by atoms with van der Waals surface area (Å²) in [5.41, 5.74) is 2.79. The molecule has 1 amide bonds. The average molecular weight is 464 g/mol. The minimum Gasteiger partial charge on any atom is -0.294 e. The van der Waals surface area contributed by atoms with E-state index in [0.29, 0.717) is 28.5 Å². The van der Waals surface area contributed by atoms with Crippen molar-refractivity contribution in [1.82, 2.24) is 0 Å². The third kappa shape index (κ3) is 3.54. The zero-order valence-corrected chi connectivity index (χ0v) is 19.5. The fourth-order valence-electron chi connectivity index (χ4n) is 5.09. The number of allylic oxidation sites excluding steroid dienone is 2. The minimum absolute atomic E-state index is 0.0365. The number of fused-ring (bicyclic) bond motifs is 1. The van der Waals surface area contributed by atoms with E-state index in [2.05, 4.69) is 13.8 Å². The molecule has 1 atom stereocenters. The molecule has 0 saturated heterocycles. The van der Waals surface area contributed by atoms with E-state index < -0.39 is 0 Å². The van der Waals surface area contributed by atoms with Crippen LogP contribution in [0.15, 0.2) is 71.9 Å². The van der Waals surface area contributed by atoms with Crippen LogP contribution in [0.1, 0.15) is 44.6 Å². The number of rotatable bonds is 2. The number of hydrogen-bond donors (Lipinski definition) is 0.